The lowest BCUT2D eigenvalue weighted by molar-refractivity contribution is 0.103. The van der Waals surface area contributed by atoms with E-state index in [0.717, 1.165) is 22.4 Å². The highest BCUT2D eigenvalue weighted by atomic mass is 16.5. The molecule has 0 spiro atoms. The van der Waals surface area contributed by atoms with E-state index >= 15 is 0 Å². The van der Waals surface area contributed by atoms with E-state index in [9.17, 15) is 4.79 Å². The lowest BCUT2D eigenvalue weighted by atomic mass is 9.95. The summed E-state index contributed by atoms with van der Waals surface area (Å²) < 4.78 is 5.85. The van der Waals surface area contributed by atoms with Crippen molar-refractivity contribution in [3.63, 3.8) is 0 Å². The number of aryl methyl sites for hydroxylation is 1. The molecule has 30 heavy (non-hydrogen) atoms. The van der Waals surface area contributed by atoms with Crippen molar-refractivity contribution in [1.82, 2.24) is 0 Å². The number of nitrogen functional groups attached to an aromatic ring is 2. The third kappa shape index (κ3) is 4.18. The van der Waals surface area contributed by atoms with Crippen LogP contribution in [-0.4, -0.2) is 5.78 Å². The Labute approximate surface area is 175 Å². The van der Waals surface area contributed by atoms with Crippen LogP contribution in [0.1, 0.15) is 21.5 Å². The largest absolute Gasteiger partial charge is 0.457 e. The van der Waals surface area contributed by atoms with Gasteiger partial charge in [0.2, 0.25) is 0 Å². The first kappa shape index (κ1) is 19.3. The third-order valence-electron chi connectivity index (χ3n) is 4.90. The van der Waals surface area contributed by atoms with Crippen LogP contribution in [0.5, 0.6) is 11.5 Å². The number of carbonyl (C=O) groups is 1. The van der Waals surface area contributed by atoms with Crippen LogP contribution in [0, 0.1) is 6.92 Å². The minimum absolute atomic E-state index is 0.0390. The van der Waals surface area contributed by atoms with E-state index < -0.39 is 0 Å². The maximum Gasteiger partial charge on any atom is 0.193 e. The molecule has 0 fully saturated rings. The second kappa shape index (κ2) is 8.13. The Morgan fingerprint density at radius 2 is 1.37 bits per heavy atom. The molecule has 0 aliphatic carbocycles. The summed E-state index contributed by atoms with van der Waals surface area (Å²) in [6, 6.07) is 28.0. The lowest BCUT2D eigenvalue weighted by Gasteiger charge is -2.11. The Bertz CT molecular complexity index is 1210. The first-order valence-electron chi connectivity index (χ1n) is 9.64. The molecule has 4 aromatic rings. The monoisotopic (exact) mass is 394 g/mol. The molecule has 0 aliphatic heterocycles. The van der Waals surface area contributed by atoms with Gasteiger partial charge in [-0.2, -0.15) is 0 Å². The van der Waals surface area contributed by atoms with Gasteiger partial charge in [0.15, 0.2) is 5.78 Å². The highest BCUT2D eigenvalue weighted by Crippen LogP contribution is 2.29. The van der Waals surface area contributed by atoms with E-state index in [2.05, 4.69) is 0 Å². The summed E-state index contributed by atoms with van der Waals surface area (Å²) in [6.45, 7) is 2.00. The molecule has 4 N–H and O–H groups in total. The maximum atomic E-state index is 12.8. The van der Waals surface area contributed by atoms with E-state index in [0.29, 0.717) is 28.3 Å². The molecule has 0 radical (unpaired) electrons. The van der Waals surface area contributed by atoms with E-state index in [1.165, 1.54) is 0 Å². The van der Waals surface area contributed by atoms with E-state index in [4.69, 9.17) is 16.2 Å². The molecule has 4 rings (SSSR count). The van der Waals surface area contributed by atoms with Crippen LogP contribution in [-0.2, 0) is 0 Å². The summed E-state index contributed by atoms with van der Waals surface area (Å²) in [5.41, 5.74) is 17.2. The summed E-state index contributed by atoms with van der Waals surface area (Å²) in [6.07, 6.45) is 0. The molecule has 4 nitrogen and oxygen atoms in total. The van der Waals surface area contributed by atoms with Crippen LogP contribution in [0.4, 0.5) is 11.4 Å². The van der Waals surface area contributed by atoms with Crippen LogP contribution in [0.2, 0.25) is 0 Å². The number of benzene rings is 4. The number of ether oxygens (including phenoxy) is 1. The zero-order valence-electron chi connectivity index (χ0n) is 16.6. The van der Waals surface area contributed by atoms with Gasteiger partial charge >= 0.3 is 0 Å². The van der Waals surface area contributed by atoms with Crippen molar-refractivity contribution in [1.29, 1.82) is 0 Å². The molecule has 0 atom stereocenters. The van der Waals surface area contributed by atoms with Crippen molar-refractivity contribution in [2.45, 2.75) is 6.92 Å². The van der Waals surface area contributed by atoms with Gasteiger partial charge in [0.05, 0.1) is 0 Å². The van der Waals surface area contributed by atoms with Crippen LogP contribution in [0.25, 0.3) is 11.1 Å². The molecular formula is C26H22N2O2. The van der Waals surface area contributed by atoms with E-state index in [1.807, 2.05) is 67.6 Å². The van der Waals surface area contributed by atoms with E-state index in [1.54, 1.807) is 30.3 Å². The van der Waals surface area contributed by atoms with Crippen LogP contribution >= 0.6 is 0 Å². The molecule has 0 saturated heterocycles. The van der Waals surface area contributed by atoms with Gasteiger partial charge in [0.1, 0.15) is 11.5 Å². The number of hydrogen-bond donors (Lipinski definition) is 2. The van der Waals surface area contributed by atoms with E-state index in [-0.39, 0.29) is 5.78 Å². The number of nitrogens with two attached hydrogens (primary N) is 2. The Morgan fingerprint density at radius 3 is 2.03 bits per heavy atom. The van der Waals surface area contributed by atoms with Crippen molar-refractivity contribution in [3.8, 4) is 22.6 Å². The minimum atomic E-state index is -0.0390. The van der Waals surface area contributed by atoms with Crippen molar-refractivity contribution in [3.05, 3.63) is 108 Å². The smallest absolute Gasteiger partial charge is 0.193 e. The molecule has 0 aromatic heterocycles. The van der Waals surface area contributed by atoms with Gasteiger partial charge in [0.25, 0.3) is 0 Å². The first-order chi connectivity index (χ1) is 14.5. The van der Waals surface area contributed by atoms with Gasteiger partial charge in [0, 0.05) is 28.6 Å². The molecule has 0 amide bonds. The molecule has 0 bridgehead atoms. The fourth-order valence-electron chi connectivity index (χ4n) is 3.39. The van der Waals surface area contributed by atoms with Crippen molar-refractivity contribution >= 4 is 17.2 Å². The minimum Gasteiger partial charge on any atom is -0.457 e. The summed E-state index contributed by atoms with van der Waals surface area (Å²) in [5.74, 6) is 1.39. The van der Waals surface area contributed by atoms with Crippen molar-refractivity contribution in [2.75, 3.05) is 11.5 Å². The fourth-order valence-corrected chi connectivity index (χ4v) is 3.39. The highest BCUT2D eigenvalue weighted by Gasteiger charge is 2.12. The number of anilines is 2. The van der Waals surface area contributed by atoms with Crippen LogP contribution in [0.15, 0.2) is 91.0 Å². The van der Waals surface area contributed by atoms with Gasteiger partial charge in [-0.15, -0.1) is 0 Å². The van der Waals surface area contributed by atoms with Crippen LogP contribution < -0.4 is 16.2 Å². The quantitative estimate of drug-likeness (QED) is 0.329. The van der Waals surface area contributed by atoms with Crippen molar-refractivity contribution in [2.24, 2.45) is 0 Å². The van der Waals surface area contributed by atoms with Crippen LogP contribution in [0.3, 0.4) is 0 Å². The SMILES string of the molecule is Cc1cc(C(=O)c2cccc(N)c2)ccc1-c1ccc(Oc2cccc(N)c2)cc1. The van der Waals surface area contributed by atoms with Crippen molar-refractivity contribution < 1.29 is 9.53 Å². The van der Waals surface area contributed by atoms with Gasteiger partial charge in [-0.05, 0) is 66.1 Å². The molecule has 0 unspecified atom stereocenters. The lowest BCUT2D eigenvalue weighted by Crippen LogP contribution is -2.02. The topological polar surface area (TPSA) is 78.3 Å². The molecule has 0 saturated carbocycles. The molecule has 0 heterocycles. The first-order valence-corrected chi connectivity index (χ1v) is 9.64. The Hall–Kier alpha value is -4.05. The zero-order chi connectivity index (χ0) is 21.1. The summed E-state index contributed by atoms with van der Waals surface area (Å²) >= 11 is 0. The van der Waals surface area contributed by atoms with Gasteiger partial charge in [-0.3, -0.25) is 4.79 Å². The normalized spacial score (nSPS) is 10.6. The highest BCUT2D eigenvalue weighted by molar-refractivity contribution is 6.09. The summed E-state index contributed by atoms with van der Waals surface area (Å²) in [5, 5.41) is 0. The van der Waals surface area contributed by atoms with Gasteiger partial charge in [-0.25, -0.2) is 0 Å². The molecule has 0 aliphatic rings. The maximum absolute atomic E-state index is 12.8. The average Bonchev–Trinajstić information content (AvgIpc) is 2.74. The molecule has 4 aromatic carbocycles. The summed E-state index contributed by atoms with van der Waals surface area (Å²) in [4.78, 5) is 12.8. The second-order valence-electron chi connectivity index (χ2n) is 7.18. The predicted molar refractivity (Wildman–Crippen MR) is 122 cm³/mol. The fraction of sp³-hybridized carbons (Fsp3) is 0.0385. The third-order valence-corrected chi connectivity index (χ3v) is 4.90. The number of rotatable bonds is 5. The Balaban J connectivity index is 1.55. The van der Waals surface area contributed by atoms with Gasteiger partial charge < -0.3 is 16.2 Å². The zero-order valence-corrected chi connectivity index (χ0v) is 16.6. The summed E-state index contributed by atoms with van der Waals surface area (Å²) in [7, 11) is 0. The average molecular weight is 394 g/mol. The molecule has 148 valence electrons. The Morgan fingerprint density at radius 1 is 0.700 bits per heavy atom. The number of carbonyl (C=O) groups excluding carboxylic acids is 1. The number of ketones is 1. The second-order valence-corrected chi connectivity index (χ2v) is 7.18. The molecule has 4 heteroatoms. The standard InChI is InChI=1S/C26H22N2O2/c1-17-14-20(26(29)19-4-2-5-21(27)15-19)10-13-25(17)18-8-11-23(12-9-18)30-24-7-3-6-22(28)16-24/h2-16H,27-28H2,1H3. The number of hydrogen-bond acceptors (Lipinski definition) is 4. The molecular weight excluding hydrogens is 372 g/mol. The van der Waals surface area contributed by atoms with Gasteiger partial charge in [-0.1, -0.05) is 42.5 Å². The predicted octanol–water partition coefficient (Wildman–Crippen LogP) is 5.85. The Kier molecular flexibility index (Phi) is 5.22.